The molecular formula is C52H74N4O7. The number of aromatic hydroxyl groups is 2. The fourth-order valence-corrected chi connectivity index (χ4v) is 10.9. The van der Waals surface area contributed by atoms with Crippen LogP contribution in [0.15, 0.2) is 90.3 Å². The lowest BCUT2D eigenvalue weighted by atomic mass is 9.73. The fourth-order valence-electron chi connectivity index (χ4n) is 10.9. The van der Waals surface area contributed by atoms with E-state index in [9.17, 15) is 35.4 Å². The number of aliphatic hydroxyl groups is 3. The van der Waals surface area contributed by atoms with Crippen LogP contribution >= 0.6 is 0 Å². The number of H-pyrrole nitrogens is 1. The van der Waals surface area contributed by atoms with Crippen molar-refractivity contribution in [3.05, 3.63) is 107 Å². The van der Waals surface area contributed by atoms with Gasteiger partial charge >= 0.3 is 5.97 Å². The van der Waals surface area contributed by atoms with Crippen molar-refractivity contribution in [2.24, 2.45) is 41.2 Å². The molecule has 2 aromatic carbocycles. The van der Waals surface area contributed by atoms with Crippen LogP contribution in [0, 0.1) is 35.5 Å². The summed E-state index contributed by atoms with van der Waals surface area (Å²) >= 11 is 0. The summed E-state index contributed by atoms with van der Waals surface area (Å²) in [4.78, 5) is 16.3. The van der Waals surface area contributed by atoms with E-state index in [0.29, 0.717) is 68.1 Å². The number of carboxylic acid groups (broad SMARTS) is 1. The smallest absolute Gasteiger partial charge is 0.309 e. The van der Waals surface area contributed by atoms with Crippen molar-refractivity contribution in [2.45, 2.75) is 127 Å². The van der Waals surface area contributed by atoms with Gasteiger partial charge in [-0.2, -0.15) is 0 Å². The van der Waals surface area contributed by atoms with Gasteiger partial charge in [0.2, 0.25) is 0 Å². The molecule has 0 spiro atoms. The van der Waals surface area contributed by atoms with E-state index in [0.717, 1.165) is 67.5 Å². The molecule has 3 aliphatic rings. The Hall–Kier alpha value is -4.55. The van der Waals surface area contributed by atoms with E-state index in [1.165, 1.54) is 25.3 Å². The van der Waals surface area contributed by atoms with Crippen LogP contribution in [-0.2, 0) is 17.6 Å². The molecule has 3 aromatic rings. The van der Waals surface area contributed by atoms with Crippen LogP contribution in [0.25, 0.3) is 11.3 Å². The second kappa shape index (κ2) is 22.9. The Kier molecular flexibility index (Phi) is 17.4. The van der Waals surface area contributed by atoms with Crippen LogP contribution in [0.1, 0.15) is 114 Å². The maximum Gasteiger partial charge on any atom is 0.309 e. The summed E-state index contributed by atoms with van der Waals surface area (Å²) in [7, 11) is 1.83. The van der Waals surface area contributed by atoms with Crippen molar-refractivity contribution in [1.29, 1.82) is 0 Å². The molecule has 2 heterocycles. The number of nitrogens with one attached hydrogen (secondary N) is 3. The van der Waals surface area contributed by atoms with E-state index < -0.39 is 29.5 Å². The minimum absolute atomic E-state index is 0.0100. The average molecular weight is 867 g/mol. The molecule has 6 rings (SSSR count). The molecule has 1 aliphatic heterocycles. The molecule has 1 fully saturated rings. The molecule has 344 valence electrons. The molecule has 11 nitrogen and oxygen atoms in total. The van der Waals surface area contributed by atoms with Crippen molar-refractivity contribution < 1.29 is 35.4 Å². The number of dihydropyridines is 1. The van der Waals surface area contributed by atoms with Crippen molar-refractivity contribution in [2.75, 3.05) is 20.1 Å². The molecule has 11 N–H and O–H groups in total. The van der Waals surface area contributed by atoms with E-state index in [4.69, 9.17) is 5.73 Å². The van der Waals surface area contributed by atoms with Gasteiger partial charge < -0.3 is 52.0 Å². The molecule has 11 heteroatoms. The zero-order chi connectivity index (χ0) is 44.9. The number of aromatic amines is 1. The molecule has 63 heavy (non-hydrogen) atoms. The summed E-state index contributed by atoms with van der Waals surface area (Å²) in [6.07, 6.45) is 19.3. The highest BCUT2D eigenvalue weighted by Crippen LogP contribution is 2.50. The number of unbranched alkanes of at least 4 members (excludes halogenated alkanes) is 4. The van der Waals surface area contributed by atoms with Gasteiger partial charge in [0.05, 0.1) is 29.5 Å². The third kappa shape index (κ3) is 13.0. The third-order valence-electron chi connectivity index (χ3n) is 14.3. The Morgan fingerprint density at radius 2 is 1.78 bits per heavy atom. The number of nitrogens with two attached hydrogens (primary N) is 1. The lowest BCUT2D eigenvalue weighted by Crippen LogP contribution is -2.48. The fraction of sp³-hybridized carbons (Fsp3) is 0.558. The standard InChI is InChI=1S/C52H74N4O7/c1-3-4-7-12-35-17-18-38(47(58)26-35)15-10-6-11-16-43(51(61)62)48(59)29-40(33-54-2)52(63)32-37(23-36-21-22-55-50(53)27-36)24-39(52)28-41-19-20-46(56-41)44-30-42(57)31-49(60)45(44)25-34-13-8-5-9-14-34/h5,8-9,13-14,17-21,27,30-31,35,37-40,43,47-48,54-60,63H,3-4,6-7,10-12,15-16,22-26,28-29,32-33,53H2,1-2H3,(H,61,62)/t35-,37-,38+,39-,40+,43+,47+,48-,52-/m1/s1. The van der Waals surface area contributed by atoms with Gasteiger partial charge in [-0.15, -0.1) is 0 Å². The van der Waals surface area contributed by atoms with Gasteiger partial charge in [-0.1, -0.05) is 94.0 Å². The Bertz CT molecular complexity index is 2010. The Balaban J connectivity index is 1.15. The van der Waals surface area contributed by atoms with Gasteiger partial charge in [0, 0.05) is 59.9 Å². The Morgan fingerprint density at radius 1 is 0.984 bits per heavy atom. The van der Waals surface area contributed by atoms with Crippen molar-refractivity contribution >= 4 is 5.97 Å². The number of allylic oxidation sites excluding steroid dienone is 3. The Morgan fingerprint density at radius 3 is 2.51 bits per heavy atom. The van der Waals surface area contributed by atoms with E-state index in [2.05, 4.69) is 40.8 Å². The predicted octanol–water partition coefficient (Wildman–Crippen LogP) is 8.07. The molecule has 2 aliphatic carbocycles. The van der Waals surface area contributed by atoms with Gasteiger partial charge in [-0.3, -0.25) is 4.79 Å². The molecule has 0 radical (unpaired) electrons. The first kappa shape index (κ1) is 47.9. The number of aliphatic carboxylic acids is 1. The largest absolute Gasteiger partial charge is 0.508 e. The van der Waals surface area contributed by atoms with Gasteiger partial charge in [0.15, 0.2) is 0 Å². The molecule has 0 bridgehead atoms. The highest BCUT2D eigenvalue weighted by molar-refractivity contribution is 5.71. The summed E-state index contributed by atoms with van der Waals surface area (Å²) in [6.45, 7) is 3.25. The zero-order valence-corrected chi connectivity index (χ0v) is 37.5. The summed E-state index contributed by atoms with van der Waals surface area (Å²) < 4.78 is 0. The van der Waals surface area contributed by atoms with Crippen molar-refractivity contribution in [1.82, 2.24) is 15.6 Å². The normalized spacial score (nSPS) is 24.9. The van der Waals surface area contributed by atoms with E-state index >= 15 is 0 Å². The number of carbonyl (C=O) groups is 1. The lowest BCUT2D eigenvalue weighted by Gasteiger charge is -2.40. The van der Waals surface area contributed by atoms with E-state index in [-0.39, 0.29) is 41.8 Å². The lowest BCUT2D eigenvalue weighted by molar-refractivity contribution is -0.148. The second-order valence-corrected chi connectivity index (χ2v) is 19.0. The number of aromatic nitrogens is 1. The van der Waals surface area contributed by atoms with E-state index in [1.807, 2.05) is 55.6 Å². The quantitative estimate of drug-likeness (QED) is 0.0310. The van der Waals surface area contributed by atoms with Crippen LogP contribution < -0.4 is 16.4 Å². The summed E-state index contributed by atoms with van der Waals surface area (Å²) in [5.74, 6) is -1.34. The molecule has 0 amide bonds. The van der Waals surface area contributed by atoms with Crippen LogP contribution in [0.4, 0.5) is 0 Å². The predicted molar refractivity (Wildman–Crippen MR) is 250 cm³/mol. The van der Waals surface area contributed by atoms with Crippen molar-refractivity contribution in [3.8, 4) is 22.8 Å². The first-order chi connectivity index (χ1) is 30.4. The van der Waals surface area contributed by atoms with Crippen LogP contribution in [0.2, 0.25) is 0 Å². The molecule has 1 saturated carbocycles. The van der Waals surface area contributed by atoms with Gasteiger partial charge in [-0.05, 0) is 118 Å². The van der Waals surface area contributed by atoms with Crippen molar-refractivity contribution in [3.63, 3.8) is 0 Å². The van der Waals surface area contributed by atoms with Crippen LogP contribution in [0.5, 0.6) is 11.5 Å². The number of carboxylic acids is 1. The van der Waals surface area contributed by atoms with E-state index in [1.54, 1.807) is 6.07 Å². The number of hydrogen-bond donors (Lipinski definition) is 10. The maximum absolute atomic E-state index is 13.0. The second-order valence-electron chi connectivity index (χ2n) is 19.0. The summed E-state index contributed by atoms with van der Waals surface area (Å²) in [5.41, 5.74) is 10.1. The average Bonchev–Trinajstić information content (AvgIpc) is 3.84. The molecule has 0 saturated heterocycles. The molecule has 0 unspecified atom stereocenters. The Labute approximate surface area is 374 Å². The first-order valence-corrected chi connectivity index (χ1v) is 23.7. The summed E-state index contributed by atoms with van der Waals surface area (Å²) in [5, 5.41) is 73.9. The number of hydrogen-bond acceptors (Lipinski definition) is 9. The SMILES string of the molecule is CCCCC[C@@H]1C=C[C@H](CCCCC[C@H](C(=O)O)[C@H](O)C[C@@H](CNC)[C@@]2(O)C[C@H](CC3=CCNC(N)=C3)C[C@@H]2Cc2ccc(-c3cc(O)cc(O)c3Cc3ccccc3)[nH]2)[C@@H](O)C1. The first-order valence-electron chi connectivity index (χ1n) is 23.7. The van der Waals surface area contributed by atoms with Crippen LogP contribution in [-0.4, -0.2) is 79.5 Å². The topological polar surface area (TPSA) is 204 Å². The molecule has 9 atom stereocenters. The third-order valence-corrected chi connectivity index (χ3v) is 14.3. The minimum atomic E-state index is -1.23. The minimum Gasteiger partial charge on any atom is -0.508 e. The number of rotatable bonds is 24. The number of benzene rings is 2. The highest BCUT2D eigenvalue weighted by Gasteiger charge is 2.51. The maximum atomic E-state index is 13.0. The molecule has 1 aromatic heterocycles. The van der Waals surface area contributed by atoms with Crippen LogP contribution in [0.3, 0.4) is 0 Å². The summed E-state index contributed by atoms with van der Waals surface area (Å²) in [6, 6.07) is 16.8. The van der Waals surface area contributed by atoms with Gasteiger partial charge in [-0.25, -0.2) is 0 Å². The number of aliphatic hydroxyl groups excluding tert-OH is 2. The zero-order valence-electron chi connectivity index (χ0n) is 37.5. The number of phenolic OH excluding ortho intramolecular Hbond substituents is 2. The number of phenols is 2. The van der Waals surface area contributed by atoms with Gasteiger partial charge in [0.1, 0.15) is 11.5 Å². The van der Waals surface area contributed by atoms with Gasteiger partial charge in [0.25, 0.3) is 0 Å². The highest BCUT2D eigenvalue weighted by atomic mass is 16.4. The monoisotopic (exact) mass is 867 g/mol. The molecular weight excluding hydrogens is 793 g/mol.